The topological polar surface area (TPSA) is 79.8 Å². The Morgan fingerprint density at radius 2 is 2.00 bits per heavy atom. The van der Waals surface area contributed by atoms with Gasteiger partial charge in [0.25, 0.3) is 5.91 Å². The fourth-order valence-corrected chi connectivity index (χ4v) is 2.21. The maximum atomic E-state index is 12.0. The Labute approximate surface area is 136 Å². The van der Waals surface area contributed by atoms with Gasteiger partial charge in [-0.05, 0) is 31.2 Å². The number of methoxy groups -OCH3 is 1. The highest BCUT2D eigenvalue weighted by Crippen LogP contribution is 2.18. The number of nitrogens with one attached hydrogen (secondary N) is 2. The molecule has 1 amide bonds. The van der Waals surface area contributed by atoms with Crippen molar-refractivity contribution in [3.8, 4) is 11.5 Å². The molecule has 0 spiro atoms. The summed E-state index contributed by atoms with van der Waals surface area (Å²) in [6.45, 7) is 3.44. The number of amides is 1. The number of ether oxygens (including phenoxy) is 2. The van der Waals surface area contributed by atoms with Gasteiger partial charge >= 0.3 is 0 Å². The minimum absolute atomic E-state index is 0. The molecule has 1 saturated heterocycles. The Hall–Kier alpha value is -1.50. The molecule has 1 fully saturated rings. The van der Waals surface area contributed by atoms with Gasteiger partial charge in [0.05, 0.1) is 13.2 Å². The fourth-order valence-electron chi connectivity index (χ4n) is 2.21. The van der Waals surface area contributed by atoms with Gasteiger partial charge in [-0.3, -0.25) is 4.79 Å². The first-order valence-electron chi connectivity index (χ1n) is 7.07. The Balaban J connectivity index is 0.00000242. The van der Waals surface area contributed by atoms with E-state index in [4.69, 9.17) is 9.47 Å². The number of aliphatic hydroxyl groups is 1. The van der Waals surface area contributed by atoms with Crippen molar-refractivity contribution in [2.45, 2.75) is 19.1 Å². The number of aliphatic hydroxyl groups excluding tert-OH is 1. The highest BCUT2D eigenvalue weighted by atomic mass is 35.5. The third-order valence-electron chi connectivity index (χ3n) is 3.58. The number of rotatable bonds is 6. The fraction of sp³-hybridized carbons (Fsp3) is 0.533. The van der Waals surface area contributed by atoms with Crippen LogP contribution in [0, 0.1) is 5.92 Å². The Morgan fingerprint density at radius 1 is 1.36 bits per heavy atom. The van der Waals surface area contributed by atoms with Crippen molar-refractivity contribution in [2.24, 2.45) is 5.92 Å². The summed E-state index contributed by atoms with van der Waals surface area (Å²) in [5.41, 5.74) is 0. The second-order valence-corrected chi connectivity index (χ2v) is 5.17. The summed E-state index contributed by atoms with van der Waals surface area (Å²) < 4.78 is 10.6. The first-order chi connectivity index (χ1) is 10.1. The molecule has 0 bridgehead atoms. The first kappa shape index (κ1) is 18.5. The maximum Gasteiger partial charge on any atom is 0.260 e. The molecular formula is C15H23ClN2O4. The summed E-state index contributed by atoms with van der Waals surface area (Å²) in [7, 11) is 1.60. The van der Waals surface area contributed by atoms with Gasteiger partial charge < -0.3 is 25.2 Å². The van der Waals surface area contributed by atoms with Crippen molar-refractivity contribution in [2.75, 3.05) is 26.7 Å². The quantitative estimate of drug-likeness (QED) is 0.711. The molecule has 1 aliphatic heterocycles. The van der Waals surface area contributed by atoms with Crippen molar-refractivity contribution < 1.29 is 19.4 Å². The molecule has 0 saturated carbocycles. The highest BCUT2D eigenvalue weighted by molar-refractivity contribution is 5.85. The van der Waals surface area contributed by atoms with Crippen molar-refractivity contribution in [3.63, 3.8) is 0 Å². The third-order valence-corrected chi connectivity index (χ3v) is 3.58. The van der Waals surface area contributed by atoms with Crippen LogP contribution in [0.1, 0.15) is 6.92 Å². The van der Waals surface area contributed by atoms with E-state index in [1.54, 1.807) is 38.3 Å². The van der Waals surface area contributed by atoms with Crippen LogP contribution in [0.3, 0.4) is 0 Å². The first-order valence-corrected chi connectivity index (χ1v) is 7.07. The lowest BCUT2D eigenvalue weighted by molar-refractivity contribution is -0.127. The van der Waals surface area contributed by atoms with E-state index in [-0.39, 0.29) is 24.2 Å². The van der Waals surface area contributed by atoms with Crippen LogP contribution in [0.2, 0.25) is 0 Å². The average molecular weight is 331 g/mol. The van der Waals surface area contributed by atoms with Gasteiger partial charge in [-0.25, -0.2) is 0 Å². The lowest BCUT2D eigenvalue weighted by atomic mass is 10.1. The van der Waals surface area contributed by atoms with Gasteiger partial charge in [-0.2, -0.15) is 0 Å². The van der Waals surface area contributed by atoms with Gasteiger partial charge in [0, 0.05) is 25.6 Å². The molecule has 0 aliphatic carbocycles. The van der Waals surface area contributed by atoms with Crippen LogP contribution in [0.25, 0.3) is 0 Å². The molecule has 2 rings (SSSR count). The number of benzene rings is 1. The molecule has 1 aromatic rings. The second-order valence-electron chi connectivity index (χ2n) is 5.17. The molecule has 124 valence electrons. The largest absolute Gasteiger partial charge is 0.497 e. The van der Waals surface area contributed by atoms with Gasteiger partial charge in [0.15, 0.2) is 6.10 Å². The lowest BCUT2D eigenvalue weighted by Crippen LogP contribution is -2.41. The number of carbonyl (C=O) groups is 1. The van der Waals surface area contributed by atoms with Gasteiger partial charge in [-0.1, -0.05) is 0 Å². The molecule has 7 heteroatoms. The molecule has 3 N–H and O–H groups in total. The number of halogens is 1. The Bertz CT molecular complexity index is 469. The minimum Gasteiger partial charge on any atom is -0.497 e. The standard InChI is InChI=1S/C15H22N2O4.ClH/c1-10(21-13-5-3-12(20-2)4-6-13)15(19)17-8-11-7-16-9-14(11)18;/h3-6,10-11,14,16,18H,7-9H2,1-2H3,(H,17,19);1H. The van der Waals surface area contributed by atoms with E-state index in [0.717, 1.165) is 12.3 Å². The van der Waals surface area contributed by atoms with Crippen LogP contribution >= 0.6 is 12.4 Å². The van der Waals surface area contributed by atoms with Crippen LogP contribution in [-0.4, -0.2) is 50.0 Å². The Morgan fingerprint density at radius 3 is 2.55 bits per heavy atom. The van der Waals surface area contributed by atoms with Crippen LogP contribution in [0.15, 0.2) is 24.3 Å². The predicted molar refractivity (Wildman–Crippen MR) is 85.7 cm³/mol. The SMILES string of the molecule is COc1ccc(OC(C)C(=O)NCC2CNCC2O)cc1.Cl. The maximum absolute atomic E-state index is 12.0. The molecule has 0 radical (unpaired) electrons. The average Bonchev–Trinajstić information content (AvgIpc) is 2.90. The normalized spacial score (nSPS) is 21.6. The molecule has 22 heavy (non-hydrogen) atoms. The highest BCUT2D eigenvalue weighted by Gasteiger charge is 2.26. The zero-order chi connectivity index (χ0) is 15.2. The molecule has 1 aromatic carbocycles. The van der Waals surface area contributed by atoms with E-state index < -0.39 is 12.2 Å². The van der Waals surface area contributed by atoms with E-state index in [1.807, 2.05) is 0 Å². The van der Waals surface area contributed by atoms with Crippen molar-refractivity contribution in [1.82, 2.24) is 10.6 Å². The molecule has 1 aliphatic rings. The zero-order valence-corrected chi connectivity index (χ0v) is 13.6. The van der Waals surface area contributed by atoms with E-state index in [0.29, 0.717) is 18.8 Å². The summed E-state index contributed by atoms with van der Waals surface area (Å²) >= 11 is 0. The molecular weight excluding hydrogens is 308 g/mol. The van der Waals surface area contributed by atoms with Crippen molar-refractivity contribution in [3.05, 3.63) is 24.3 Å². The number of carbonyl (C=O) groups excluding carboxylic acids is 1. The van der Waals surface area contributed by atoms with E-state index in [2.05, 4.69) is 10.6 Å². The molecule has 0 aromatic heterocycles. The van der Waals surface area contributed by atoms with Crippen molar-refractivity contribution >= 4 is 18.3 Å². The number of hydrogen-bond donors (Lipinski definition) is 3. The number of β-amino-alcohol motifs (C(OH)–C–C–N with tert-alkyl or cyclic N) is 1. The smallest absolute Gasteiger partial charge is 0.260 e. The lowest BCUT2D eigenvalue weighted by Gasteiger charge is -2.18. The van der Waals surface area contributed by atoms with E-state index >= 15 is 0 Å². The predicted octanol–water partition coefficient (Wildman–Crippen LogP) is 0.581. The molecule has 1 heterocycles. The molecule has 3 atom stereocenters. The van der Waals surface area contributed by atoms with E-state index in [1.165, 1.54) is 0 Å². The summed E-state index contributed by atoms with van der Waals surface area (Å²) in [4.78, 5) is 12.0. The third kappa shape index (κ3) is 5.05. The molecule has 6 nitrogen and oxygen atoms in total. The van der Waals surface area contributed by atoms with Crippen LogP contribution in [0.4, 0.5) is 0 Å². The summed E-state index contributed by atoms with van der Waals surface area (Å²) in [5, 5.41) is 15.6. The van der Waals surface area contributed by atoms with Gasteiger partial charge in [0.2, 0.25) is 0 Å². The van der Waals surface area contributed by atoms with E-state index in [9.17, 15) is 9.90 Å². The minimum atomic E-state index is -0.593. The summed E-state index contributed by atoms with van der Waals surface area (Å²) in [6, 6.07) is 7.07. The zero-order valence-electron chi connectivity index (χ0n) is 12.7. The van der Waals surface area contributed by atoms with Gasteiger partial charge in [0.1, 0.15) is 11.5 Å². The number of hydrogen-bond acceptors (Lipinski definition) is 5. The summed E-state index contributed by atoms with van der Waals surface area (Å²) in [5.74, 6) is 1.22. The van der Waals surface area contributed by atoms with Crippen LogP contribution < -0.4 is 20.1 Å². The monoisotopic (exact) mass is 330 g/mol. The van der Waals surface area contributed by atoms with Gasteiger partial charge in [-0.15, -0.1) is 12.4 Å². The second kappa shape index (κ2) is 8.82. The van der Waals surface area contributed by atoms with Crippen LogP contribution in [0.5, 0.6) is 11.5 Å². The van der Waals surface area contributed by atoms with Crippen molar-refractivity contribution in [1.29, 1.82) is 0 Å². The van der Waals surface area contributed by atoms with Crippen LogP contribution in [-0.2, 0) is 4.79 Å². The Kier molecular flexibility index (Phi) is 7.44. The summed E-state index contributed by atoms with van der Waals surface area (Å²) in [6.07, 6.45) is -0.993. The molecule has 3 unspecified atom stereocenters.